The molecule has 0 N–H and O–H groups in total. The summed E-state index contributed by atoms with van der Waals surface area (Å²) in [5.41, 5.74) is 1.33. The molecule has 0 aliphatic carbocycles. The molecule has 0 spiro atoms. The number of hydrogen-bond donors (Lipinski definition) is 0. The van der Waals surface area contributed by atoms with Gasteiger partial charge in [0, 0.05) is 11.8 Å². The number of hydrogen-bond acceptors (Lipinski definition) is 2. The molecule has 66 valence electrons. The fourth-order valence-electron chi connectivity index (χ4n) is 0.931. The van der Waals surface area contributed by atoms with Gasteiger partial charge in [0.1, 0.15) is 0 Å². The molecule has 13 heavy (non-hydrogen) atoms. The molecule has 0 fully saturated rings. The fraction of sp³-hybridized carbons (Fsp3) is 0.200. The van der Waals surface area contributed by atoms with E-state index in [4.69, 9.17) is 5.26 Å². The molecule has 0 unspecified atom stereocenters. The van der Waals surface area contributed by atoms with Gasteiger partial charge in [0.2, 0.25) is 5.95 Å². The van der Waals surface area contributed by atoms with Gasteiger partial charge in [-0.25, -0.2) is 4.98 Å². The van der Waals surface area contributed by atoms with E-state index >= 15 is 0 Å². The van der Waals surface area contributed by atoms with Crippen LogP contribution in [0.4, 0.5) is 4.39 Å². The maximum atomic E-state index is 13.0. The summed E-state index contributed by atoms with van der Waals surface area (Å²) < 4.78 is 13.0. The Labute approximate surface area is 76.3 Å². The van der Waals surface area contributed by atoms with Crippen LogP contribution in [-0.2, 0) is 0 Å². The first kappa shape index (κ1) is 9.40. The molecule has 0 radical (unpaired) electrons. The largest absolute Gasteiger partial charge is 0.228 e. The zero-order valence-electron chi connectivity index (χ0n) is 7.29. The molecule has 0 atom stereocenters. The van der Waals surface area contributed by atoms with Crippen molar-refractivity contribution < 1.29 is 4.39 Å². The molecular formula is C10H9FN2. The van der Waals surface area contributed by atoms with Crippen LogP contribution in [0.15, 0.2) is 18.3 Å². The Morgan fingerprint density at radius 2 is 2.46 bits per heavy atom. The summed E-state index contributed by atoms with van der Waals surface area (Å²) in [4.78, 5) is 3.56. The SMILES string of the molecule is Cc1cnc(F)c(C=CCC#N)c1. The first-order valence-electron chi connectivity index (χ1n) is 3.89. The van der Waals surface area contributed by atoms with Gasteiger partial charge in [-0.1, -0.05) is 12.2 Å². The Balaban J connectivity index is 2.88. The highest BCUT2D eigenvalue weighted by molar-refractivity contribution is 5.49. The van der Waals surface area contributed by atoms with Gasteiger partial charge < -0.3 is 0 Å². The van der Waals surface area contributed by atoms with Crippen molar-refractivity contribution in [3.63, 3.8) is 0 Å². The van der Waals surface area contributed by atoms with E-state index in [9.17, 15) is 4.39 Å². The zero-order chi connectivity index (χ0) is 9.68. The summed E-state index contributed by atoms with van der Waals surface area (Å²) in [6.45, 7) is 1.84. The second-order valence-corrected chi connectivity index (χ2v) is 2.66. The van der Waals surface area contributed by atoms with Crippen molar-refractivity contribution in [2.45, 2.75) is 13.3 Å². The summed E-state index contributed by atoms with van der Waals surface area (Å²) in [5, 5.41) is 8.26. The van der Waals surface area contributed by atoms with E-state index in [0.29, 0.717) is 5.56 Å². The maximum absolute atomic E-state index is 13.0. The molecule has 1 rings (SSSR count). The second kappa shape index (κ2) is 4.36. The standard InChI is InChI=1S/C10H9FN2/c1-8-6-9(4-2-3-5-12)10(11)13-7-8/h2,4,6-7H,3H2,1H3. The average Bonchev–Trinajstić information content (AvgIpc) is 2.11. The zero-order valence-corrected chi connectivity index (χ0v) is 7.29. The number of nitriles is 1. The molecule has 0 saturated heterocycles. The lowest BCUT2D eigenvalue weighted by molar-refractivity contribution is 0.580. The summed E-state index contributed by atoms with van der Waals surface area (Å²) >= 11 is 0. The normalized spacial score (nSPS) is 10.2. The first-order valence-corrected chi connectivity index (χ1v) is 3.89. The number of aryl methyl sites for hydroxylation is 1. The van der Waals surface area contributed by atoms with E-state index in [1.807, 2.05) is 13.0 Å². The number of halogens is 1. The first-order chi connectivity index (χ1) is 6.24. The third-order valence-corrected chi connectivity index (χ3v) is 1.51. The lowest BCUT2D eigenvalue weighted by Crippen LogP contribution is -1.88. The van der Waals surface area contributed by atoms with Crippen LogP contribution in [-0.4, -0.2) is 4.98 Å². The summed E-state index contributed by atoms with van der Waals surface area (Å²) in [6, 6.07) is 3.63. The number of aromatic nitrogens is 1. The Morgan fingerprint density at radius 1 is 1.69 bits per heavy atom. The molecule has 0 aromatic carbocycles. The highest BCUT2D eigenvalue weighted by Gasteiger charge is 1.98. The van der Waals surface area contributed by atoms with E-state index in [1.54, 1.807) is 18.2 Å². The lowest BCUT2D eigenvalue weighted by Gasteiger charge is -1.96. The molecular weight excluding hydrogens is 167 g/mol. The number of rotatable bonds is 2. The smallest absolute Gasteiger partial charge is 0.220 e. The Hall–Kier alpha value is -1.69. The van der Waals surface area contributed by atoms with Crippen molar-refractivity contribution in [1.82, 2.24) is 4.98 Å². The highest BCUT2D eigenvalue weighted by atomic mass is 19.1. The van der Waals surface area contributed by atoms with Crippen LogP contribution in [0.3, 0.4) is 0 Å². The van der Waals surface area contributed by atoms with E-state index in [-0.39, 0.29) is 6.42 Å². The summed E-state index contributed by atoms with van der Waals surface area (Å²) in [6.07, 6.45) is 4.93. The van der Waals surface area contributed by atoms with Gasteiger partial charge in [0.25, 0.3) is 0 Å². The summed E-state index contributed by atoms with van der Waals surface area (Å²) in [5.74, 6) is -0.500. The van der Waals surface area contributed by atoms with Crippen LogP contribution in [0.25, 0.3) is 6.08 Å². The average molecular weight is 176 g/mol. The van der Waals surface area contributed by atoms with Gasteiger partial charge >= 0.3 is 0 Å². The van der Waals surface area contributed by atoms with Crippen molar-refractivity contribution in [2.75, 3.05) is 0 Å². The van der Waals surface area contributed by atoms with Crippen molar-refractivity contribution >= 4 is 6.08 Å². The molecule has 1 aromatic heterocycles. The summed E-state index contributed by atoms with van der Waals surface area (Å²) in [7, 11) is 0. The van der Waals surface area contributed by atoms with Gasteiger partial charge in [-0.2, -0.15) is 9.65 Å². The Kier molecular flexibility index (Phi) is 3.15. The quantitative estimate of drug-likeness (QED) is 0.649. The second-order valence-electron chi connectivity index (χ2n) is 2.66. The van der Waals surface area contributed by atoms with Crippen molar-refractivity contribution in [1.29, 1.82) is 5.26 Å². The van der Waals surface area contributed by atoms with Crippen molar-refractivity contribution in [3.8, 4) is 6.07 Å². The molecule has 0 saturated carbocycles. The van der Waals surface area contributed by atoms with Crippen LogP contribution in [0.5, 0.6) is 0 Å². The van der Waals surface area contributed by atoms with Crippen LogP contribution in [0.2, 0.25) is 0 Å². The number of nitrogens with zero attached hydrogens (tertiary/aromatic N) is 2. The predicted octanol–water partition coefficient (Wildman–Crippen LogP) is 2.46. The van der Waals surface area contributed by atoms with Gasteiger partial charge in [-0.05, 0) is 18.6 Å². The highest BCUT2D eigenvalue weighted by Crippen LogP contribution is 2.08. The molecule has 2 nitrogen and oxygen atoms in total. The molecule has 0 bridgehead atoms. The van der Waals surface area contributed by atoms with E-state index in [2.05, 4.69) is 4.98 Å². The van der Waals surface area contributed by atoms with Gasteiger partial charge in [0.05, 0.1) is 12.5 Å². The minimum atomic E-state index is -0.500. The Morgan fingerprint density at radius 3 is 3.15 bits per heavy atom. The van der Waals surface area contributed by atoms with Crippen LogP contribution < -0.4 is 0 Å². The molecule has 3 heteroatoms. The molecule has 1 aromatic rings. The Bertz CT molecular complexity index is 364. The number of allylic oxidation sites excluding steroid dienone is 1. The van der Waals surface area contributed by atoms with Gasteiger partial charge in [-0.3, -0.25) is 0 Å². The van der Waals surface area contributed by atoms with E-state index in [0.717, 1.165) is 5.56 Å². The number of pyridine rings is 1. The monoisotopic (exact) mass is 176 g/mol. The minimum absolute atomic E-state index is 0.285. The molecule has 0 aliphatic heterocycles. The van der Waals surface area contributed by atoms with Crippen molar-refractivity contribution in [2.24, 2.45) is 0 Å². The van der Waals surface area contributed by atoms with E-state index < -0.39 is 5.95 Å². The third kappa shape index (κ3) is 2.68. The fourth-order valence-corrected chi connectivity index (χ4v) is 0.931. The van der Waals surface area contributed by atoms with Crippen molar-refractivity contribution in [3.05, 3.63) is 35.4 Å². The van der Waals surface area contributed by atoms with Crippen LogP contribution in [0.1, 0.15) is 17.5 Å². The lowest BCUT2D eigenvalue weighted by atomic mass is 10.2. The molecule has 0 aliphatic rings. The van der Waals surface area contributed by atoms with Crippen LogP contribution in [0, 0.1) is 24.2 Å². The molecule has 1 heterocycles. The topological polar surface area (TPSA) is 36.7 Å². The van der Waals surface area contributed by atoms with Gasteiger partial charge in [-0.15, -0.1) is 0 Å². The third-order valence-electron chi connectivity index (χ3n) is 1.51. The van der Waals surface area contributed by atoms with Gasteiger partial charge in [0.15, 0.2) is 0 Å². The molecule has 0 amide bonds. The van der Waals surface area contributed by atoms with Crippen LogP contribution >= 0.6 is 0 Å². The maximum Gasteiger partial charge on any atom is 0.220 e. The predicted molar refractivity (Wildman–Crippen MR) is 48.2 cm³/mol. The minimum Gasteiger partial charge on any atom is -0.228 e. The van der Waals surface area contributed by atoms with E-state index in [1.165, 1.54) is 6.20 Å².